The van der Waals surface area contributed by atoms with E-state index in [4.69, 9.17) is 16.6 Å². The number of hydrogen-bond acceptors (Lipinski definition) is 1. The molecule has 0 atom stereocenters. The van der Waals surface area contributed by atoms with Gasteiger partial charge in [-0.3, -0.25) is 4.57 Å². The SMILES string of the molecule is Clc1cccc(-c2nc3ccc4ccccc4c3n2-c2ccccc2)c1. The van der Waals surface area contributed by atoms with Crippen LogP contribution in [0.5, 0.6) is 0 Å². The zero-order chi connectivity index (χ0) is 17.5. The van der Waals surface area contributed by atoms with Crippen molar-refractivity contribution < 1.29 is 0 Å². The summed E-state index contributed by atoms with van der Waals surface area (Å²) in [6.45, 7) is 0. The van der Waals surface area contributed by atoms with Gasteiger partial charge in [0.25, 0.3) is 0 Å². The van der Waals surface area contributed by atoms with Gasteiger partial charge < -0.3 is 0 Å². The highest BCUT2D eigenvalue weighted by atomic mass is 35.5. The van der Waals surface area contributed by atoms with Crippen molar-refractivity contribution in [1.29, 1.82) is 0 Å². The molecule has 0 unspecified atom stereocenters. The Balaban J connectivity index is 1.95. The normalized spacial score (nSPS) is 11.3. The van der Waals surface area contributed by atoms with Crippen molar-refractivity contribution >= 4 is 33.4 Å². The van der Waals surface area contributed by atoms with E-state index in [0.29, 0.717) is 5.02 Å². The second-order valence-electron chi connectivity index (χ2n) is 6.27. The Morgan fingerprint density at radius 3 is 2.38 bits per heavy atom. The highest BCUT2D eigenvalue weighted by molar-refractivity contribution is 6.30. The van der Waals surface area contributed by atoms with Crippen LogP contribution in [0.3, 0.4) is 0 Å². The number of benzene rings is 4. The zero-order valence-corrected chi connectivity index (χ0v) is 14.7. The van der Waals surface area contributed by atoms with E-state index < -0.39 is 0 Å². The number of aromatic nitrogens is 2. The third-order valence-electron chi connectivity index (χ3n) is 4.64. The highest BCUT2D eigenvalue weighted by Crippen LogP contribution is 2.33. The predicted octanol–water partition coefficient (Wildman–Crippen LogP) is 6.50. The molecule has 5 rings (SSSR count). The molecule has 0 fully saturated rings. The molecule has 0 aliphatic heterocycles. The topological polar surface area (TPSA) is 17.8 Å². The summed E-state index contributed by atoms with van der Waals surface area (Å²) in [5, 5.41) is 3.10. The van der Waals surface area contributed by atoms with Gasteiger partial charge in [-0.05, 0) is 35.7 Å². The molecule has 0 N–H and O–H groups in total. The van der Waals surface area contributed by atoms with Crippen LogP contribution < -0.4 is 0 Å². The Bertz CT molecular complexity index is 1240. The number of para-hydroxylation sites is 1. The summed E-state index contributed by atoms with van der Waals surface area (Å²) in [7, 11) is 0. The summed E-state index contributed by atoms with van der Waals surface area (Å²) in [6.07, 6.45) is 0. The fraction of sp³-hybridized carbons (Fsp3) is 0. The molecule has 2 nitrogen and oxygen atoms in total. The van der Waals surface area contributed by atoms with Crippen LogP contribution in [0.15, 0.2) is 91.0 Å². The lowest BCUT2D eigenvalue weighted by molar-refractivity contribution is 1.11. The number of rotatable bonds is 2. The number of hydrogen-bond donors (Lipinski definition) is 0. The average molecular weight is 355 g/mol. The smallest absolute Gasteiger partial charge is 0.145 e. The van der Waals surface area contributed by atoms with Gasteiger partial charge in [0, 0.05) is 21.7 Å². The maximum Gasteiger partial charge on any atom is 0.145 e. The maximum atomic E-state index is 6.25. The molecule has 124 valence electrons. The predicted molar refractivity (Wildman–Crippen MR) is 109 cm³/mol. The molecule has 0 radical (unpaired) electrons. The van der Waals surface area contributed by atoms with Crippen molar-refractivity contribution in [3.8, 4) is 17.1 Å². The van der Waals surface area contributed by atoms with E-state index in [2.05, 4.69) is 59.2 Å². The molecule has 26 heavy (non-hydrogen) atoms. The second-order valence-corrected chi connectivity index (χ2v) is 6.71. The van der Waals surface area contributed by atoms with Crippen LogP contribution in [0.2, 0.25) is 5.02 Å². The standard InChI is InChI=1S/C23H15ClN2/c24-18-9-6-8-17(15-18)23-25-21-14-13-16-7-4-5-12-20(16)22(21)26(23)19-10-2-1-3-11-19/h1-15H. The van der Waals surface area contributed by atoms with Crippen molar-refractivity contribution in [3.63, 3.8) is 0 Å². The van der Waals surface area contributed by atoms with Gasteiger partial charge in [-0.15, -0.1) is 0 Å². The minimum atomic E-state index is 0.707. The molecular weight excluding hydrogens is 340 g/mol. The average Bonchev–Trinajstić information content (AvgIpc) is 3.09. The molecule has 5 aromatic rings. The van der Waals surface area contributed by atoms with E-state index in [-0.39, 0.29) is 0 Å². The number of halogens is 1. The summed E-state index contributed by atoms with van der Waals surface area (Å²) < 4.78 is 2.23. The Labute approximate surface area is 156 Å². The van der Waals surface area contributed by atoms with Crippen LogP contribution in [0, 0.1) is 0 Å². The number of nitrogens with zero attached hydrogens (tertiary/aromatic N) is 2. The van der Waals surface area contributed by atoms with Gasteiger partial charge in [0.15, 0.2) is 0 Å². The Morgan fingerprint density at radius 1 is 0.731 bits per heavy atom. The van der Waals surface area contributed by atoms with Crippen LogP contribution in [-0.4, -0.2) is 9.55 Å². The highest BCUT2D eigenvalue weighted by Gasteiger charge is 2.16. The molecule has 1 heterocycles. The van der Waals surface area contributed by atoms with Gasteiger partial charge in [-0.2, -0.15) is 0 Å². The third-order valence-corrected chi connectivity index (χ3v) is 4.87. The molecule has 4 aromatic carbocycles. The fourth-order valence-electron chi connectivity index (χ4n) is 3.49. The first-order valence-electron chi connectivity index (χ1n) is 8.53. The van der Waals surface area contributed by atoms with Gasteiger partial charge in [0.2, 0.25) is 0 Å². The lowest BCUT2D eigenvalue weighted by atomic mass is 10.1. The van der Waals surface area contributed by atoms with Crippen LogP contribution >= 0.6 is 11.6 Å². The molecule has 0 bridgehead atoms. The molecule has 0 saturated carbocycles. The van der Waals surface area contributed by atoms with E-state index in [1.807, 2.05) is 36.4 Å². The van der Waals surface area contributed by atoms with Gasteiger partial charge in [0.05, 0.1) is 11.0 Å². The van der Waals surface area contributed by atoms with Gasteiger partial charge in [-0.25, -0.2) is 4.98 Å². The van der Waals surface area contributed by atoms with E-state index in [9.17, 15) is 0 Å². The van der Waals surface area contributed by atoms with E-state index in [1.165, 1.54) is 10.8 Å². The quantitative estimate of drug-likeness (QED) is 0.354. The first kappa shape index (κ1) is 15.2. The van der Waals surface area contributed by atoms with Crippen LogP contribution in [-0.2, 0) is 0 Å². The summed E-state index contributed by atoms with van der Waals surface area (Å²) in [5.74, 6) is 0.894. The Morgan fingerprint density at radius 2 is 1.54 bits per heavy atom. The fourth-order valence-corrected chi connectivity index (χ4v) is 3.68. The third kappa shape index (κ3) is 2.39. The monoisotopic (exact) mass is 354 g/mol. The minimum Gasteiger partial charge on any atom is -0.292 e. The van der Waals surface area contributed by atoms with Crippen molar-refractivity contribution in [2.45, 2.75) is 0 Å². The molecule has 0 saturated heterocycles. The lowest BCUT2D eigenvalue weighted by Gasteiger charge is -2.11. The van der Waals surface area contributed by atoms with Crippen LogP contribution in [0.4, 0.5) is 0 Å². The van der Waals surface area contributed by atoms with Crippen molar-refractivity contribution in [2.75, 3.05) is 0 Å². The van der Waals surface area contributed by atoms with Crippen molar-refractivity contribution in [3.05, 3.63) is 96.0 Å². The molecule has 1 aromatic heterocycles. The van der Waals surface area contributed by atoms with Gasteiger partial charge in [-0.1, -0.05) is 72.3 Å². The molecule has 0 aliphatic carbocycles. The van der Waals surface area contributed by atoms with Gasteiger partial charge >= 0.3 is 0 Å². The van der Waals surface area contributed by atoms with Gasteiger partial charge in [0.1, 0.15) is 5.82 Å². The molecular formula is C23H15ClN2. The zero-order valence-electron chi connectivity index (χ0n) is 13.9. The van der Waals surface area contributed by atoms with Crippen molar-refractivity contribution in [2.24, 2.45) is 0 Å². The molecule has 0 spiro atoms. The summed E-state index contributed by atoms with van der Waals surface area (Å²) in [5.41, 5.74) is 4.18. The van der Waals surface area contributed by atoms with E-state index in [0.717, 1.165) is 28.1 Å². The lowest BCUT2D eigenvalue weighted by Crippen LogP contribution is -1.97. The molecule has 0 amide bonds. The van der Waals surface area contributed by atoms with Crippen LogP contribution in [0.25, 0.3) is 38.9 Å². The molecule has 0 aliphatic rings. The summed E-state index contributed by atoms with van der Waals surface area (Å²) in [4.78, 5) is 4.95. The number of fused-ring (bicyclic) bond motifs is 3. The largest absolute Gasteiger partial charge is 0.292 e. The summed E-state index contributed by atoms with van der Waals surface area (Å²) >= 11 is 6.25. The minimum absolute atomic E-state index is 0.707. The number of imidazole rings is 1. The Hall–Kier alpha value is -3.10. The second kappa shape index (κ2) is 6.01. The van der Waals surface area contributed by atoms with Crippen LogP contribution in [0.1, 0.15) is 0 Å². The Kier molecular flexibility index (Phi) is 3.51. The maximum absolute atomic E-state index is 6.25. The van der Waals surface area contributed by atoms with E-state index >= 15 is 0 Å². The summed E-state index contributed by atoms with van der Waals surface area (Å²) in [6, 6.07) is 30.8. The first-order chi connectivity index (χ1) is 12.8. The first-order valence-corrected chi connectivity index (χ1v) is 8.91. The molecule has 3 heteroatoms. The van der Waals surface area contributed by atoms with Crippen molar-refractivity contribution in [1.82, 2.24) is 9.55 Å². The van der Waals surface area contributed by atoms with E-state index in [1.54, 1.807) is 0 Å².